The molecule has 0 spiro atoms. The van der Waals surface area contributed by atoms with Gasteiger partial charge in [-0.2, -0.15) is 0 Å². The van der Waals surface area contributed by atoms with Crippen LogP contribution in [0.15, 0.2) is 18.2 Å². The summed E-state index contributed by atoms with van der Waals surface area (Å²) < 4.78 is 10.1. The van der Waals surface area contributed by atoms with Crippen LogP contribution in [-0.2, 0) is 4.74 Å². The zero-order valence-corrected chi connectivity index (χ0v) is 11.8. The second-order valence-electron chi connectivity index (χ2n) is 4.28. The van der Waals surface area contributed by atoms with Crippen LogP contribution in [-0.4, -0.2) is 49.3 Å². The van der Waals surface area contributed by atoms with Crippen molar-refractivity contribution in [2.75, 3.05) is 27.4 Å². The number of phenols is 1. The Morgan fingerprint density at radius 1 is 1.42 bits per heavy atom. The van der Waals surface area contributed by atoms with Gasteiger partial charge in [-0.05, 0) is 26.0 Å². The van der Waals surface area contributed by atoms with E-state index in [1.807, 2.05) is 13.8 Å². The van der Waals surface area contributed by atoms with Crippen molar-refractivity contribution in [1.82, 2.24) is 4.90 Å². The highest BCUT2D eigenvalue weighted by molar-refractivity contribution is 5.97. The molecule has 5 heteroatoms. The van der Waals surface area contributed by atoms with E-state index in [1.54, 1.807) is 24.1 Å². The first-order valence-corrected chi connectivity index (χ1v) is 6.22. The molecule has 1 aromatic rings. The maximum Gasteiger partial charge on any atom is 0.257 e. The number of hydrogen-bond donors (Lipinski definition) is 1. The molecule has 0 aromatic heterocycles. The van der Waals surface area contributed by atoms with E-state index in [2.05, 4.69) is 0 Å². The fraction of sp³-hybridized carbons (Fsp3) is 0.500. The van der Waals surface area contributed by atoms with Crippen LogP contribution in [0.3, 0.4) is 0 Å². The number of likely N-dealkylation sites (N-methyl/N-ethyl adjacent to an activating group) is 1. The Morgan fingerprint density at radius 3 is 2.58 bits per heavy atom. The van der Waals surface area contributed by atoms with Gasteiger partial charge in [-0.1, -0.05) is 0 Å². The summed E-state index contributed by atoms with van der Waals surface area (Å²) in [4.78, 5) is 14.0. The molecule has 1 amide bonds. The van der Waals surface area contributed by atoms with Gasteiger partial charge in [0.25, 0.3) is 5.91 Å². The minimum atomic E-state index is -0.216. The zero-order chi connectivity index (χ0) is 14.4. The lowest BCUT2D eigenvalue weighted by atomic mass is 10.1. The molecule has 1 N–H and O–H groups in total. The van der Waals surface area contributed by atoms with Crippen molar-refractivity contribution in [1.29, 1.82) is 0 Å². The molecule has 0 aliphatic carbocycles. The molecule has 0 heterocycles. The largest absolute Gasteiger partial charge is 0.507 e. The molecule has 5 nitrogen and oxygen atoms in total. The summed E-state index contributed by atoms with van der Waals surface area (Å²) in [5.74, 6) is 0.224. The van der Waals surface area contributed by atoms with E-state index in [0.717, 1.165) is 0 Å². The highest BCUT2D eigenvalue weighted by atomic mass is 16.5. The van der Waals surface area contributed by atoms with E-state index in [-0.39, 0.29) is 23.3 Å². The molecule has 0 aliphatic heterocycles. The number of carbonyl (C=O) groups is 1. The molecule has 1 atom stereocenters. The summed E-state index contributed by atoms with van der Waals surface area (Å²) in [6, 6.07) is 4.60. The Balaban J connectivity index is 2.97. The van der Waals surface area contributed by atoms with Crippen LogP contribution in [0.5, 0.6) is 11.5 Å². The number of rotatable bonds is 6. The average Bonchev–Trinajstić information content (AvgIpc) is 2.39. The van der Waals surface area contributed by atoms with Gasteiger partial charge in [0.2, 0.25) is 0 Å². The first kappa shape index (κ1) is 15.3. The van der Waals surface area contributed by atoms with E-state index in [0.29, 0.717) is 18.9 Å². The number of benzene rings is 1. The van der Waals surface area contributed by atoms with Gasteiger partial charge in [-0.15, -0.1) is 0 Å². The fourth-order valence-corrected chi connectivity index (χ4v) is 1.96. The molecular weight excluding hydrogens is 246 g/mol. The van der Waals surface area contributed by atoms with Crippen molar-refractivity contribution in [3.8, 4) is 11.5 Å². The standard InChI is InChI=1S/C14H21NO4/c1-5-15(10(2)9-18-3)14(17)12-7-6-11(19-4)8-13(12)16/h6-8,10,16H,5,9H2,1-4H3. The van der Waals surface area contributed by atoms with Gasteiger partial charge in [-0.25, -0.2) is 0 Å². The quantitative estimate of drug-likeness (QED) is 0.855. The smallest absolute Gasteiger partial charge is 0.257 e. The third kappa shape index (κ3) is 3.61. The molecule has 1 rings (SSSR count). The van der Waals surface area contributed by atoms with Gasteiger partial charge >= 0.3 is 0 Å². The van der Waals surface area contributed by atoms with Gasteiger partial charge < -0.3 is 19.5 Å². The third-order valence-electron chi connectivity index (χ3n) is 2.98. The van der Waals surface area contributed by atoms with E-state index in [9.17, 15) is 9.90 Å². The minimum absolute atomic E-state index is 0.0519. The first-order valence-electron chi connectivity index (χ1n) is 6.22. The van der Waals surface area contributed by atoms with Gasteiger partial charge in [0.1, 0.15) is 11.5 Å². The highest BCUT2D eigenvalue weighted by Gasteiger charge is 2.22. The lowest BCUT2D eigenvalue weighted by Crippen LogP contribution is -2.40. The molecule has 1 unspecified atom stereocenters. The van der Waals surface area contributed by atoms with Gasteiger partial charge in [0.05, 0.1) is 25.3 Å². The van der Waals surface area contributed by atoms with Gasteiger partial charge in [-0.3, -0.25) is 4.79 Å². The highest BCUT2D eigenvalue weighted by Crippen LogP contribution is 2.25. The molecule has 0 saturated heterocycles. The van der Waals surface area contributed by atoms with Crippen molar-refractivity contribution in [3.05, 3.63) is 23.8 Å². The molecular formula is C14H21NO4. The summed E-state index contributed by atoms with van der Waals surface area (Å²) in [7, 11) is 3.11. The fourth-order valence-electron chi connectivity index (χ4n) is 1.96. The molecule has 0 aliphatic rings. The minimum Gasteiger partial charge on any atom is -0.507 e. The number of nitrogens with zero attached hydrogens (tertiary/aromatic N) is 1. The monoisotopic (exact) mass is 267 g/mol. The maximum absolute atomic E-state index is 12.4. The summed E-state index contributed by atoms with van der Waals surface area (Å²) in [6.07, 6.45) is 0. The molecule has 19 heavy (non-hydrogen) atoms. The number of amides is 1. The van der Waals surface area contributed by atoms with Crippen molar-refractivity contribution in [3.63, 3.8) is 0 Å². The number of ether oxygens (including phenoxy) is 2. The number of aromatic hydroxyl groups is 1. The van der Waals surface area contributed by atoms with Crippen LogP contribution in [0.2, 0.25) is 0 Å². The predicted octanol–water partition coefficient (Wildman–Crippen LogP) is 1.90. The number of phenolic OH excluding ortho intramolecular Hbond substituents is 1. The topological polar surface area (TPSA) is 59.0 Å². The van der Waals surface area contributed by atoms with Crippen LogP contribution in [0.4, 0.5) is 0 Å². The maximum atomic E-state index is 12.4. The number of hydrogen-bond acceptors (Lipinski definition) is 4. The molecule has 1 aromatic carbocycles. The third-order valence-corrected chi connectivity index (χ3v) is 2.98. The Hall–Kier alpha value is -1.75. The molecule has 0 bridgehead atoms. The number of methoxy groups -OCH3 is 2. The van der Waals surface area contributed by atoms with Crippen molar-refractivity contribution in [2.45, 2.75) is 19.9 Å². The summed E-state index contributed by atoms with van der Waals surface area (Å²) in [5.41, 5.74) is 0.269. The van der Waals surface area contributed by atoms with E-state index >= 15 is 0 Å². The Bertz CT molecular complexity index is 433. The van der Waals surface area contributed by atoms with Gasteiger partial charge in [0, 0.05) is 19.7 Å². The van der Waals surface area contributed by atoms with Crippen LogP contribution in [0.25, 0.3) is 0 Å². The molecule has 0 radical (unpaired) electrons. The Labute approximate surface area is 113 Å². The second-order valence-corrected chi connectivity index (χ2v) is 4.28. The molecule has 0 fully saturated rings. The van der Waals surface area contributed by atoms with E-state index in [4.69, 9.17) is 9.47 Å². The Morgan fingerprint density at radius 2 is 2.11 bits per heavy atom. The lowest BCUT2D eigenvalue weighted by molar-refractivity contribution is 0.0576. The van der Waals surface area contributed by atoms with Crippen LogP contribution in [0.1, 0.15) is 24.2 Å². The number of carbonyl (C=O) groups excluding carboxylic acids is 1. The van der Waals surface area contributed by atoms with Crippen LogP contribution < -0.4 is 4.74 Å². The molecule has 0 saturated carbocycles. The van der Waals surface area contributed by atoms with Crippen LogP contribution in [0, 0.1) is 0 Å². The van der Waals surface area contributed by atoms with E-state index in [1.165, 1.54) is 13.2 Å². The summed E-state index contributed by atoms with van der Waals surface area (Å²) in [6.45, 7) is 4.81. The predicted molar refractivity (Wildman–Crippen MR) is 72.7 cm³/mol. The lowest BCUT2D eigenvalue weighted by Gasteiger charge is -2.27. The normalized spacial score (nSPS) is 12.0. The van der Waals surface area contributed by atoms with E-state index < -0.39 is 0 Å². The second kappa shape index (κ2) is 6.99. The SMILES string of the molecule is CCN(C(=O)c1ccc(OC)cc1O)C(C)COC. The van der Waals surface area contributed by atoms with Gasteiger partial charge in [0.15, 0.2) is 0 Å². The van der Waals surface area contributed by atoms with Crippen molar-refractivity contribution < 1.29 is 19.4 Å². The average molecular weight is 267 g/mol. The van der Waals surface area contributed by atoms with Crippen LogP contribution >= 0.6 is 0 Å². The first-order chi connectivity index (χ1) is 9.04. The van der Waals surface area contributed by atoms with Crippen molar-refractivity contribution >= 4 is 5.91 Å². The summed E-state index contributed by atoms with van der Waals surface area (Å²) >= 11 is 0. The summed E-state index contributed by atoms with van der Waals surface area (Å²) in [5, 5.41) is 9.89. The van der Waals surface area contributed by atoms with Crippen molar-refractivity contribution in [2.24, 2.45) is 0 Å². The zero-order valence-electron chi connectivity index (χ0n) is 11.8. The molecule has 106 valence electrons. The Kier molecular flexibility index (Phi) is 5.63.